The SMILES string of the molecule is COC(=O)c1ccc(CN(Cc2ccc(F)cc2)S(=O)(=O)c2cc(Cl)cc(Cl)c2O)cc1. The Kier molecular flexibility index (Phi) is 7.40. The van der Waals surface area contributed by atoms with E-state index in [1.807, 2.05) is 0 Å². The summed E-state index contributed by atoms with van der Waals surface area (Å²) in [6, 6.07) is 13.9. The quantitative estimate of drug-likeness (QED) is 0.463. The minimum atomic E-state index is -4.29. The van der Waals surface area contributed by atoms with Crippen molar-refractivity contribution in [3.05, 3.63) is 93.2 Å². The topological polar surface area (TPSA) is 83.9 Å². The van der Waals surface area contributed by atoms with E-state index in [0.717, 1.165) is 10.4 Å². The number of carbonyl (C=O) groups is 1. The maximum Gasteiger partial charge on any atom is 0.337 e. The Hall–Kier alpha value is -2.65. The number of benzene rings is 3. The van der Waals surface area contributed by atoms with Crippen molar-refractivity contribution in [1.82, 2.24) is 4.31 Å². The van der Waals surface area contributed by atoms with Crippen molar-refractivity contribution in [2.45, 2.75) is 18.0 Å². The third kappa shape index (κ3) is 5.39. The number of nitrogens with zero attached hydrogens (tertiary/aromatic N) is 1. The standard InChI is InChI=1S/C22H18Cl2FNO5S/c1-31-22(28)16-6-2-14(3-7-16)12-26(13-15-4-8-18(25)9-5-15)32(29,30)20-11-17(23)10-19(24)21(20)27/h2-11,27H,12-13H2,1H3. The van der Waals surface area contributed by atoms with E-state index in [1.54, 1.807) is 12.1 Å². The molecule has 0 bridgehead atoms. The van der Waals surface area contributed by atoms with Crippen LogP contribution in [0.2, 0.25) is 10.0 Å². The highest BCUT2D eigenvalue weighted by Crippen LogP contribution is 2.36. The van der Waals surface area contributed by atoms with E-state index in [2.05, 4.69) is 4.74 Å². The fourth-order valence-electron chi connectivity index (χ4n) is 2.97. The molecule has 0 aromatic heterocycles. The van der Waals surface area contributed by atoms with Crippen LogP contribution in [0.1, 0.15) is 21.5 Å². The molecular weight excluding hydrogens is 480 g/mol. The summed E-state index contributed by atoms with van der Waals surface area (Å²) in [6.45, 7) is -0.227. The first-order valence-electron chi connectivity index (χ1n) is 9.21. The van der Waals surface area contributed by atoms with E-state index in [9.17, 15) is 22.7 Å². The molecule has 6 nitrogen and oxygen atoms in total. The van der Waals surface area contributed by atoms with Crippen molar-refractivity contribution in [1.29, 1.82) is 0 Å². The molecule has 0 saturated heterocycles. The van der Waals surface area contributed by atoms with Crippen molar-refractivity contribution < 1.29 is 27.4 Å². The van der Waals surface area contributed by atoms with Gasteiger partial charge in [0.1, 0.15) is 10.7 Å². The molecule has 0 amide bonds. The van der Waals surface area contributed by atoms with E-state index in [1.165, 1.54) is 49.6 Å². The number of sulfonamides is 1. The second-order valence-corrected chi connectivity index (χ2v) is 9.57. The number of ether oxygens (including phenoxy) is 1. The number of halogens is 3. The zero-order valence-corrected chi connectivity index (χ0v) is 19.1. The van der Waals surface area contributed by atoms with E-state index < -0.39 is 32.5 Å². The van der Waals surface area contributed by atoms with Gasteiger partial charge < -0.3 is 9.84 Å². The summed E-state index contributed by atoms with van der Waals surface area (Å²) in [5.74, 6) is -1.60. The number of hydrogen-bond donors (Lipinski definition) is 1. The number of esters is 1. The first-order valence-corrected chi connectivity index (χ1v) is 11.4. The van der Waals surface area contributed by atoms with E-state index in [4.69, 9.17) is 23.2 Å². The van der Waals surface area contributed by atoms with Gasteiger partial charge in [-0.05, 0) is 47.5 Å². The van der Waals surface area contributed by atoms with Crippen LogP contribution in [0.3, 0.4) is 0 Å². The zero-order valence-electron chi connectivity index (χ0n) is 16.8. The summed E-state index contributed by atoms with van der Waals surface area (Å²) in [5.41, 5.74) is 1.40. The van der Waals surface area contributed by atoms with Gasteiger partial charge in [-0.2, -0.15) is 4.31 Å². The Morgan fingerprint density at radius 2 is 1.53 bits per heavy atom. The Morgan fingerprint density at radius 1 is 1.00 bits per heavy atom. The fraction of sp³-hybridized carbons (Fsp3) is 0.136. The van der Waals surface area contributed by atoms with Crippen LogP contribution in [0.25, 0.3) is 0 Å². The molecule has 0 spiro atoms. The van der Waals surface area contributed by atoms with Crippen LogP contribution in [0.4, 0.5) is 4.39 Å². The second kappa shape index (κ2) is 9.87. The summed E-state index contributed by atoms with van der Waals surface area (Å²) >= 11 is 11.9. The van der Waals surface area contributed by atoms with E-state index in [0.29, 0.717) is 16.7 Å². The lowest BCUT2D eigenvalue weighted by Crippen LogP contribution is -2.30. The van der Waals surface area contributed by atoms with Gasteiger partial charge in [-0.25, -0.2) is 17.6 Å². The third-order valence-electron chi connectivity index (χ3n) is 4.62. The van der Waals surface area contributed by atoms with Crippen LogP contribution in [0.5, 0.6) is 5.75 Å². The predicted molar refractivity (Wildman–Crippen MR) is 119 cm³/mol. The summed E-state index contributed by atoms with van der Waals surface area (Å²) in [6.07, 6.45) is 0. The molecule has 0 radical (unpaired) electrons. The summed E-state index contributed by atoms with van der Waals surface area (Å²) in [4.78, 5) is 11.2. The molecule has 0 atom stereocenters. The Balaban J connectivity index is 2.02. The van der Waals surface area contributed by atoms with Crippen LogP contribution in [-0.2, 0) is 27.8 Å². The molecule has 0 aliphatic carbocycles. The van der Waals surface area contributed by atoms with E-state index in [-0.39, 0.29) is 23.1 Å². The Labute approximate surface area is 194 Å². The van der Waals surface area contributed by atoms with Gasteiger partial charge in [-0.3, -0.25) is 0 Å². The van der Waals surface area contributed by atoms with Crippen molar-refractivity contribution in [3.63, 3.8) is 0 Å². The minimum Gasteiger partial charge on any atom is -0.505 e. The number of phenolic OH excluding ortho intramolecular Hbond substituents is 1. The highest BCUT2D eigenvalue weighted by molar-refractivity contribution is 7.89. The molecule has 0 aliphatic rings. The summed E-state index contributed by atoms with van der Waals surface area (Å²) in [5, 5.41) is 10.1. The number of phenols is 1. The fourth-order valence-corrected chi connectivity index (χ4v) is 5.13. The molecule has 32 heavy (non-hydrogen) atoms. The average Bonchev–Trinajstić information content (AvgIpc) is 2.77. The van der Waals surface area contributed by atoms with Gasteiger partial charge in [0.25, 0.3) is 0 Å². The minimum absolute atomic E-state index is 0.0375. The largest absolute Gasteiger partial charge is 0.505 e. The maximum absolute atomic E-state index is 13.5. The van der Waals surface area contributed by atoms with Crippen molar-refractivity contribution >= 4 is 39.2 Å². The number of rotatable bonds is 7. The van der Waals surface area contributed by atoms with Crippen LogP contribution in [-0.4, -0.2) is 30.9 Å². The van der Waals surface area contributed by atoms with Gasteiger partial charge in [-0.1, -0.05) is 47.5 Å². The zero-order chi connectivity index (χ0) is 23.5. The lowest BCUT2D eigenvalue weighted by molar-refractivity contribution is 0.0600. The van der Waals surface area contributed by atoms with Gasteiger partial charge in [0.2, 0.25) is 10.0 Å². The maximum atomic E-state index is 13.5. The van der Waals surface area contributed by atoms with E-state index >= 15 is 0 Å². The second-order valence-electron chi connectivity index (χ2n) is 6.82. The molecule has 0 aliphatic heterocycles. The van der Waals surface area contributed by atoms with Crippen LogP contribution >= 0.6 is 23.2 Å². The number of hydrogen-bond acceptors (Lipinski definition) is 5. The van der Waals surface area contributed by atoms with Gasteiger partial charge in [0, 0.05) is 18.1 Å². The smallest absolute Gasteiger partial charge is 0.337 e. The number of carbonyl (C=O) groups excluding carboxylic acids is 1. The highest BCUT2D eigenvalue weighted by Gasteiger charge is 2.29. The Bertz CT molecular complexity index is 1230. The average molecular weight is 498 g/mol. The molecule has 3 aromatic rings. The van der Waals surface area contributed by atoms with Crippen molar-refractivity contribution in [3.8, 4) is 5.75 Å². The van der Waals surface area contributed by atoms with Crippen LogP contribution in [0, 0.1) is 5.82 Å². The molecule has 0 saturated carbocycles. The van der Waals surface area contributed by atoms with Crippen molar-refractivity contribution in [2.75, 3.05) is 7.11 Å². The van der Waals surface area contributed by atoms with Gasteiger partial charge in [0.05, 0.1) is 17.7 Å². The first kappa shape index (κ1) is 24.0. The third-order valence-corrected chi connectivity index (χ3v) is 6.93. The molecular formula is C22H18Cl2FNO5S. The lowest BCUT2D eigenvalue weighted by atomic mass is 10.1. The molecule has 3 rings (SSSR count). The summed E-state index contributed by atoms with van der Waals surface area (Å²) in [7, 11) is -3.03. The highest BCUT2D eigenvalue weighted by atomic mass is 35.5. The normalized spacial score (nSPS) is 11.5. The molecule has 0 heterocycles. The van der Waals surface area contributed by atoms with Crippen LogP contribution < -0.4 is 0 Å². The Morgan fingerprint density at radius 3 is 2.06 bits per heavy atom. The van der Waals surface area contributed by atoms with Gasteiger partial charge >= 0.3 is 5.97 Å². The lowest BCUT2D eigenvalue weighted by Gasteiger charge is -2.23. The molecule has 3 aromatic carbocycles. The molecule has 10 heteroatoms. The first-order chi connectivity index (χ1) is 15.1. The molecule has 1 N–H and O–H groups in total. The summed E-state index contributed by atoms with van der Waals surface area (Å²) < 4.78 is 46.0. The van der Waals surface area contributed by atoms with Gasteiger partial charge in [0.15, 0.2) is 5.75 Å². The predicted octanol–water partition coefficient (Wildman–Crippen LogP) is 5.02. The van der Waals surface area contributed by atoms with Crippen molar-refractivity contribution in [2.24, 2.45) is 0 Å². The molecule has 168 valence electrons. The number of methoxy groups -OCH3 is 1. The van der Waals surface area contributed by atoms with Gasteiger partial charge in [-0.15, -0.1) is 0 Å². The molecule has 0 unspecified atom stereocenters. The number of aromatic hydroxyl groups is 1. The van der Waals surface area contributed by atoms with Crippen LogP contribution in [0.15, 0.2) is 65.6 Å². The molecule has 0 fully saturated rings. The monoisotopic (exact) mass is 497 g/mol.